The third-order valence-corrected chi connectivity index (χ3v) is 3.69. The minimum atomic E-state index is -0.198. The molecule has 1 fully saturated rings. The number of rotatable bonds is 5. The maximum Gasteiger partial charge on any atom is 0.220 e. The third kappa shape index (κ3) is 4.05. The number of hydrogen-bond acceptors (Lipinski definition) is 5. The van der Waals surface area contributed by atoms with E-state index in [9.17, 15) is 4.79 Å². The van der Waals surface area contributed by atoms with Gasteiger partial charge in [0.25, 0.3) is 0 Å². The van der Waals surface area contributed by atoms with E-state index >= 15 is 0 Å². The number of aromatic nitrogens is 2. The van der Waals surface area contributed by atoms with Crippen molar-refractivity contribution in [2.45, 2.75) is 38.3 Å². The fourth-order valence-corrected chi connectivity index (χ4v) is 2.66. The van der Waals surface area contributed by atoms with Crippen LogP contribution in [-0.4, -0.2) is 29.0 Å². The lowest BCUT2D eigenvalue weighted by atomic mass is 9.85. The van der Waals surface area contributed by atoms with Crippen molar-refractivity contribution in [3.63, 3.8) is 0 Å². The van der Waals surface area contributed by atoms with E-state index in [0.29, 0.717) is 23.4 Å². The molecule has 20 heavy (non-hydrogen) atoms. The molecule has 1 aromatic heterocycles. The van der Waals surface area contributed by atoms with Crippen molar-refractivity contribution < 1.29 is 9.53 Å². The van der Waals surface area contributed by atoms with Crippen LogP contribution in [0.15, 0.2) is 6.07 Å². The second-order valence-corrected chi connectivity index (χ2v) is 5.41. The molecule has 6 nitrogen and oxygen atoms in total. The molecule has 1 aliphatic rings. The van der Waals surface area contributed by atoms with E-state index in [4.69, 9.17) is 22.1 Å². The highest BCUT2D eigenvalue weighted by atomic mass is 35.5. The number of methoxy groups -OCH3 is 1. The summed E-state index contributed by atoms with van der Waals surface area (Å²) in [7, 11) is 1.59. The van der Waals surface area contributed by atoms with Gasteiger partial charge in [-0.05, 0) is 25.7 Å². The van der Waals surface area contributed by atoms with E-state index < -0.39 is 0 Å². The number of nitrogens with one attached hydrogen (secondary N) is 1. The van der Waals surface area contributed by atoms with Crippen molar-refractivity contribution >= 4 is 23.3 Å². The number of ether oxygens (including phenoxy) is 1. The van der Waals surface area contributed by atoms with Crippen LogP contribution >= 0.6 is 11.6 Å². The number of nitrogens with two attached hydrogens (primary N) is 1. The Balaban J connectivity index is 1.95. The van der Waals surface area contributed by atoms with Crippen molar-refractivity contribution in [2.75, 3.05) is 12.4 Å². The van der Waals surface area contributed by atoms with Gasteiger partial charge in [-0.2, -0.15) is 0 Å². The van der Waals surface area contributed by atoms with E-state index in [-0.39, 0.29) is 17.9 Å². The zero-order valence-electron chi connectivity index (χ0n) is 11.4. The van der Waals surface area contributed by atoms with Gasteiger partial charge in [-0.1, -0.05) is 11.6 Å². The predicted octanol–water partition coefficient (Wildman–Crippen LogP) is 1.73. The zero-order valence-corrected chi connectivity index (χ0v) is 12.2. The molecule has 0 atom stereocenters. The van der Waals surface area contributed by atoms with E-state index in [1.165, 1.54) is 0 Å². The highest BCUT2D eigenvalue weighted by Crippen LogP contribution is 2.26. The topological polar surface area (TPSA) is 90.1 Å². The van der Waals surface area contributed by atoms with E-state index in [2.05, 4.69) is 15.3 Å². The Hall–Kier alpha value is -1.40. The fraction of sp³-hybridized carbons (Fsp3) is 0.615. The molecule has 0 aromatic carbocycles. The molecule has 1 aliphatic carbocycles. The van der Waals surface area contributed by atoms with Gasteiger partial charge in [0.2, 0.25) is 5.91 Å². The van der Waals surface area contributed by atoms with Crippen molar-refractivity contribution in [1.29, 1.82) is 0 Å². The van der Waals surface area contributed by atoms with Gasteiger partial charge < -0.3 is 15.8 Å². The average Bonchev–Trinajstić information content (AvgIpc) is 2.39. The molecule has 0 spiro atoms. The van der Waals surface area contributed by atoms with Gasteiger partial charge in [0.05, 0.1) is 0 Å². The lowest BCUT2D eigenvalue weighted by Crippen LogP contribution is -2.32. The Morgan fingerprint density at radius 2 is 2.15 bits per heavy atom. The molecule has 0 bridgehead atoms. The van der Waals surface area contributed by atoms with Crippen LogP contribution in [0.3, 0.4) is 0 Å². The number of carbonyl (C=O) groups excluding carboxylic acids is 1. The number of primary amides is 1. The van der Waals surface area contributed by atoms with Gasteiger partial charge in [-0.3, -0.25) is 4.79 Å². The van der Waals surface area contributed by atoms with Crippen LogP contribution < -0.4 is 11.1 Å². The smallest absolute Gasteiger partial charge is 0.220 e. The Morgan fingerprint density at radius 1 is 1.45 bits per heavy atom. The first-order chi connectivity index (χ1) is 9.58. The van der Waals surface area contributed by atoms with Crippen LogP contribution in [-0.2, 0) is 16.1 Å². The first-order valence-electron chi connectivity index (χ1n) is 6.66. The molecular formula is C13H19ClN4O2. The fourth-order valence-electron chi connectivity index (χ4n) is 2.46. The third-order valence-electron chi connectivity index (χ3n) is 3.50. The normalized spacial score (nSPS) is 22.5. The van der Waals surface area contributed by atoms with Crippen molar-refractivity contribution in [2.24, 2.45) is 11.7 Å². The first-order valence-corrected chi connectivity index (χ1v) is 7.04. The Kier molecular flexibility index (Phi) is 5.14. The molecule has 1 saturated carbocycles. The summed E-state index contributed by atoms with van der Waals surface area (Å²) in [4.78, 5) is 19.6. The van der Waals surface area contributed by atoms with Gasteiger partial charge >= 0.3 is 0 Å². The van der Waals surface area contributed by atoms with E-state index in [1.807, 2.05) is 0 Å². The Bertz CT molecular complexity index is 475. The summed E-state index contributed by atoms with van der Waals surface area (Å²) in [6.07, 6.45) is 3.43. The second-order valence-electron chi connectivity index (χ2n) is 5.02. The lowest BCUT2D eigenvalue weighted by Gasteiger charge is -2.27. The van der Waals surface area contributed by atoms with Crippen LogP contribution in [0.25, 0.3) is 0 Å². The van der Waals surface area contributed by atoms with Gasteiger partial charge in [0, 0.05) is 25.1 Å². The Morgan fingerprint density at radius 3 is 2.75 bits per heavy atom. The quantitative estimate of drug-likeness (QED) is 0.808. The van der Waals surface area contributed by atoms with Crippen molar-refractivity contribution in [3.8, 4) is 0 Å². The number of carbonyl (C=O) groups is 1. The van der Waals surface area contributed by atoms with Crippen LogP contribution in [0.4, 0.5) is 5.82 Å². The summed E-state index contributed by atoms with van der Waals surface area (Å²) in [5.41, 5.74) is 5.33. The minimum absolute atomic E-state index is 0.00564. The van der Waals surface area contributed by atoms with E-state index in [0.717, 1.165) is 25.7 Å². The van der Waals surface area contributed by atoms with Gasteiger partial charge in [-0.25, -0.2) is 9.97 Å². The minimum Gasteiger partial charge on any atom is -0.377 e. The molecule has 0 saturated heterocycles. The molecule has 0 unspecified atom stereocenters. The number of hydrogen-bond donors (Lipinski definition) is 2. The van der Waals surface area contributed by atoms with Crippen molar-refractivity contribution in [1.82, 2.24) is 9.97 Å². The summed E-state index contributed by atoms with van der Waals surface area (Å²) >= 11 is 5.96. The molecule has 1 amide bonds. The van der Waals surface area contributed by atoms with Crippen LogP contribution in [0.2, 0.25) is 5.15 Å². The molecule has 0 aliphatic heterocycles. The summed E-state index contributed by atoms with van der Waals surface area (Å²) < 4.78 is 5.01. The number of nitrogens with zero attached hydrogens (tertiary/aromatic N) is 2. The standard InChI is InChI=1S/C13H19ClN4O2/c1-20-7-12-17-10(14)6-11(18-12)16-9-4-2-8(3-5-9)13(15)19/h6,8-9H,2-5,7H2,1H3,(H2,15,19)(H,16,17,18). The average molecular weight is 299 g/mol. The van der Waals surface area contributed by atoms with Gasteiger partial charge in [0.15, 0.2) is 5.82 Å². The zero-order chi connectivity index (χ0) is 14.5. The molecule has 2 rings (SSSR count). The van der Waals surface area contributed by atoms with Crippen LogP contribution in [0.5, 0.6) is 0 Å². The summed E-state index contributed by atoms with van der Waals surface area (Å²) in [5, 5.41) is 3.73. The van der Waals surface area contributed by atoms with Gasteiger partial charge in [-0.15, -0.1) is 0 Å². The van der Waals surface area contributed by atoms with Gasteiger partial charge in [0.1, 0.15) is 17.6 Å². The number of amides is 1. The van der Waals surface area contributed by atoms with E-state index in [1.54, 1.807) is 13.2 Å². The SMILES string of the molecule is COCc1nc(Cl)cc(NC2CCC(C(N)=O)CC2)n1. The van der Waals surface area contributed by atoms with Crippen molar-refractivity contribution in [3.05, 3.63) is 17.0 Å². The lowest BCUT2D eigenvalue weighted by molar-refractivity contribution is -0.122. The highest BCUT2D eigenvalue weighted by molar-refractivity contribution is 6.29. The molecule has 1 aromatic rings. The predicted molar refractivity (Wildman–Crippen MR) is 76.3 cm³/mol. The monoisotopic (exact) mass is 298 g/mol. The molecule has 1 heterocycles. The van der Waals surface area contributed by atoms with Crippen LogP contribution in [0, 0.1) is 5.92 Å². The summed E-state index contributed by atoms with van der Waals surface area (Å²) in [5.74, 6) is 1.05. The van der Waals surface area contributed by atoms with Crippen LogP contribution in [0.1, 0.15) is 31.5 Å². The molecule has 7 heteroatoms. The Labute approximate surface area is 123 Å². The molecule has 3 N–H and O–H groups in total. The maximum absolute atomic E-state index is 11.1. The second kappa shape index (κ2) is 6.85. The summed E-state index contributed by atoms with van der Waals surface area (Å²) in [6.45, 7) is 0.323. The maximum atomic E-state index is 11.1. The number of anilines is 1. The largest absolute Gasteiger partial charge is 0.377 e. The summed E-state index contributed by atoms with van der Waals surface area (Å²) in [6, 6.07) is 1.98. The highest BCUT2D eigenvalue weighted by Gasteiger charge is 2.24. The molecule has 0 radical (unpaired) electrons. The molecule has 110 valence electrons. The molecular weight excluding hydrogens is 280 g/mol. The first kappa shape index (κ1) is 15.0. The number of halogens is 1.